The van der Waals surface area contributed by atoms with E-state index in [4.69, 9.17) is 0 Å². The fourth-order valence-corrected chi connectivity index (χ4v) is 1.52. The standard InChI is InChI=1S/C10H18O4.Ba/c1-3-5-7(4-2)6-8(9(11)12)10(13)14;/h7-8H,3-6H2,1-2H3,(H,11,12)(H,13,14);/q;+2/p-2. The van der Waals surface area contributed by atoms with Gasteiger partial charge >= 0.3 is 48.9 Å². The molecule has 0 bridgehead atoms. The second-order valence-corrected chi connectivity index (χ2v) is 3.49. The molecule has 0 saturated heterocycles. The van der Waals surface area contributed by atoms with E-state index in [1.807, 2.05) is 13.8 Å². The van der Waals surface area contributed by atoms with E-state index >= 15 is 0 Å². The SMILES string of the molecule is CCCC(CC)CC(C(=O)[O-])C(=O)[O-].[Ba+2]. The van der Waals surface area contributed by atoms with Crippen LogP contribution >= 0.6 is 0 Å². The molecule has 0 aliphatic carbocycles. The van der Waals surface area contributed by atoms with Gasteiger partial charge in [-0.25, -0.2) is 0 Å². The van der Waals surface area contributed by atoms with Gasteiger partial charge in [0, 0.05) is 5.92 Å². The molecule has 82 valence electrons. The number of carboxylic acids is 2. The molecule has 1 atom stereocenters. The summed E-state index contributed by atoms with van der Waals surface area (Å²) in [6.07, 6.45) is 2.67. The van der Waals surface area contributed by atoms with Crippen LogP contribution in [0.1, 0.15) is 39.5 Å². The molecule has 0 aromatic carbocycles. The van der Waals surface area contributed by atoms with Crippen molar-refractivity contribution in [3.8, 4) is 0 Å². The van der Waals surface area contributed by atoms with Gasteiger partial charge in [-0.2, -0.15) is 0 Å². The van der Waals surface area contributed by atoms with Crippen LogP contribution in [0.3, 0.4) is 0 Å². The summed E-state index contributed by atoms with van der Waals surface area (Å²) in [5.74, 6) is -4.42. The third kappa shape index (κ3) is 7.41. The molecule has 0 aliphatic rings. The van der Waals surface area contributed by atoms with Crippen molar-refractivity contribution in [1.29, 1.82) is 0 Å². The van der Waals surface area contributed by atoms with Crippen molar-refractivity contribution < 1.29 is 19.8 Å². The second-order valence-electron chi connectivity index (χ2n) is 3.49. The molecule has 0 aliphatic heterocycles. The number of hydrogen-bond acceptors (Lipinski definition) is 4. The van der Waals surface area contributed by atoms with Crippen LogP contribution < -0.4 is 10.2 Å². The molecule has 0 heterocycles. The Hall–Kier alpha value is 0.511. The zero-order valence-corrected chi connectivity index (χ0v) is 13.8. The number of carbonyl (C=O) groups excluding carboxylic acids is 2. The fourth-order valence-electron chi connectivity index (χ4n) is 1.52. The van der Waals surface area contributed by atoms with Gasteiger partial charge in [-0.05, 0) is 12.3 Å². The Labute approximate surface area is 131 Å². The van der Waals surface area contributed by atoms with E-state index < -0.39 is 17.9 Å². The maximum atomic E-state index is 10.5. The zero-order chi connectivity index (χ0) is 11.1. The molecule has 0 aromatic rings. The van der Waals surface area contributed by atoms with Crippen molar-refractivity contribution in [1.82, 2.24) is 0 Å². The van der Waals surface area contributed by atoms with E-state index in [0.717, 1.165) is 19.3 Å². The van der Waals surface area contributed by atoms with Crippen molar-refractivity contribution in [2.75, 3.05) is 0 Å². The van der Waals surface area contributed by atoms with E-state index in [-0.39, 0.29) is 61.2 Å². The van der Waals surface area contributed by atoms with E-state index in [9.17, 15) is 19.8 Å². The number of carbonyl (C=O) groups is 2. The molecule has 15 heavy (non-hydrogen) atoms. The molecule has 4 nitrogen and oxygen atoms in total. The minimum Gasteiger partial charge on any atom is -0.549 e. The van der Waals surface area contributed by atoms with Crippen LogP contribution in [0.5, 0.6) is 0 Å². The summed E-state index contributed by atoms with van der Waals surface area (Å²) in [6, 6.07) is 0. The van der Waals surface area contributed by atoms with Crippen molar-refractivity contribution in [2.24, 2.45) is 11.8 Å². The summed E-state index contributed by atoms with van der Waals surface area (Å²) in [6.45, 7) is 3.90. The Morgan fingerprint density at radius 1 is 1.13 bits per heavy atom. The van der Waals surface area contributed by atoms with E-state index in [2.05, 4.69) is 0 Å². The molecule has 1 unspecified atom stereocenters. The first-order valence-electron chi connectivity index (χ1n) is 4.94. The van der Waals surface area contributed by atoms with Crippen molar-refractivity contribution in [2.45, 2.75) is 39.5 Å². The Morgan fingerprint density at radius 3 is 1.87 bits per heavy atom. The molecule has 0 radical (unpaired) electrons. The van der Waals surface area contributed by atoms with Gasteiger partial charge in [0.25, 0.3) is 0 Å². The summed E-state index contributed by atoms with van der Waals surface area (Å²) in [7, 11) is 0. The number of carboxylic acid groups (broad SMARTS) is 2. The van der Waals surface area contributed by atoms with Gasteiger partial charge in [0.05, 0.1) is 11.9 Å². The molecule has 0 amide bonds. The molecule has 5 heteroatoms. The Kier molecular flexibility index (Phi) is 11.6. The third-order valence-electron chi connectivity index (χ3n) is 2.41. The van der Waals surface area contributed by atoms with Gasteiger partial charge in [0.2, 0.25) is 0 Å². The van der Waals surface area contributed by atoms with Gasteiger partial charge in [-0.15, -0.1) is 0 Å². The van der Waals surface area contributed by atoms with E-state index in [0.29, 0.717) is 0 Å². The van der Waals surface area contributed by atoms with Crippen LogP contribution in [0.4, 0.5) is 0 Å². The first kappa shape index (κ1) is 17.9. The molecular formula is C10H16BaO4. The third-order valence-corrected chi connectivity index (χ3v) is 2.41. The van der Waals surface area contributed by atoms with E-state index in [1.54, 1.807) is 0 Å². The van der Waals surface area contributed by atoms with Crippen molar-refractivity contribution in [3.63, 3.8) is 0 Å². The maximum absolute atomic E-state index is 10.5. The van der Waals surface area contributed by atoms with Crippen LogP contribution in [0.2, 0.25) is 0 Å². The van der Waals surface area contributed by atoms with Gasteiger partial charge in [0.1, 0.15) is 0 Å². The zero-order valence-electron chi connectivity index (χ0n) is 9.32. The molecule has 0 fully saturated rings. The second kappa shape index (κ2) is 9.72. The van der Waals surface area contributed by atoms with Crippen LogP contribution in [0.25, 0.3) is 0 Å². The summed E-state index contributed by atoms with van der Waals surface area (Å²) in [4.78, 5) is 20.9. The molecule has 0 saturated carbocycles. The minimum atomic E-state index is -1.54. The molecule has 0 spiro atoms. The monoisotopic (exact) mass is 338 g/mol. The Bertz CT molecular complexity index is 192. The molecular weight excluding hydrogens is 321 g/mol. The predicted molar refractivity (Wildman–Crippen MR) is 52.6 cm³/mol. The van der Waals surface area contributed by atoms with Gasteiger partial charge in [-0.1, -0.05) is 33.1 Å². The maximum Gasteiger partial charge on any atom is 2.00 e. The summed E-state index contributed by atoms with van der Waals surface area (Å²) >= 11 is 0. The predicted octanol–water partition coefficient (Wildman–Crippen LogP) is -1.06. The first-order valence-corrected chi connectivity index (χ1v) is 4.94. The summed E-state index contributed by atoms with van der Waals surface area (Å²) < 4.78 is 0. The summed E-state index contributed by atoms with van der Waals surface area (Å²) in [5.41, 5.74) is 0. The van der Waals surface area contributed by atoms with Gasteiger partial charge in [-0.3, -0.25) is 0 Å². The van der Waals surface area contributed by atoms with Crippen LogP contribution in [-0.4, -0.2) is 60.8 Å². The first-order chi connectivity index (χ1) is 6.52. The van der Waals surface area contributed by atoms with Crippen LogP contribution in [0.15, 0.2) is 0 Å². The average Bonchev–Trinajstić information content (AvgIpc) is 2.10. The van der Waals surface area contributed by atoms with E-state index in [1.165, 1.54) is 0 Å². The topological polar surface area (TPSA) is 80.3 Å². The number of rotatable bonds is 7. The minimum absolute atomic E-state index is 0. The van der Waals surface area contributed by atoms with Crippen molar-refractivity contribution >= 4 is 60.8 Å². The van der Waals surface area contributed by atoms with Gasteiger partial charge < -0.3 is 19.8 Å². The van der Waals surface area contributed by atoms with Crippen LogP contribution in [-0.2, 0) is 9.59 Å². The van der Waals surface area contributed by atoms with Crippen molar-refractivity contribution in [3.05, 3.63) is 0 Å². The molecule has 0 N–H and O–H groups in total. The normalized spacial score (nSPS) is 11.9. The van der Waals surface area contributed by atoms with Gasteiger partial charge in [0.15, 0.2) is 0 Å². The average molecular weight is 338 g/mol. The molecule has 0 rings (SSSR count). The Balaban J connectivity index is 0. The smallest absolute Gasteiger partial charge is 0.549 e. The Morgan fingerprint density at radius 2 is 1.60 bits per heavy atom. The quantitative estimate of drug-likeness (QED) is 0.438. The number of hydrogen-bond donors (Lipinski definition) is 0. The largest absolute Gasteiger partial charge is 2.00 e. The van der Waals surface area contributed by atoms with Crippen LogP contribution in [0, 0.1) is 11.8 Å². The molecule has 0 aromatic heterocycles. The number of aliphatic carboxylic acids is 2. The summed E-state index contributed by atoms with van der Waals surface area (Å²) in [5, 5.41) is 20.9. The fraction of sp³-hybridized carbons (Fsp3) is 0.800.